The number of rotatable bonds is 10. The molecule has 0 aromatic heterocycles. The standard InChI is InChI=1S/C6H12O3S.2C6H12O2S.2C6H12OS/c1-9-5-6-3-2-4-10(6,7)8;1-8-4-6-2-3-9(7)5-6;1-8-5-6-3-2-4-9(6)7;1-7-4-6-2-3-8-5-6;1-7-5-6-3-2-4-8-6/h6H,2-5H2,1H3;2*6H,2-5H2,1H3;2*6H,2-5H2,1H3. The fourth-order valence-corrected chi connectivity index (χ4v) is 12.7. The van der Waals surface area contributed by atoms with E-state index in [-0.39, 0.29) is 5.25 Å². The summed E-state index contributed by atoms with van der Waals surface area (Å²) in [5.74, 6) is 8.38. The van der Waals surface area contributed by atoms with E-state index in [9.17, 15) is 16.8 Å². The van der Waals surface area contributed by atoms with Crippen LogP contribution >= 0.6 is 23.5 Å². The molecule has 14 heteroatoms. The second kappa shape index (κ2) is 26.7. The maximum absolute atomic E-state index is 11.1. The first kappa shape index (κ1) is 42.8. The zero-order chi connectivity index (χ0) is 32.6. The first-order chi connectivity index (χ1) is 21.2. The minimum absolute atomic E-state index is 0.225. The molecule has 0 bridgehead atoms. The molecule has 5 saturated heterocycles. The summed E-state index contributed by atoms with van der Waals surface area (Å²) in [6.45, 7) is 3.73. The van der Waals surface area contributed by atoms with Crippen LogP contribution in [0.25, 0.3) is 0 Å². The summed E-state index contributed by atoms with van der Waals surface area (Å²) in [7, 11) is 4.56. The Bertz CT molecular complexity index is 832. The Balaban J connectivity index is 0.000000276. The van der Waals surface area contributed by atoms with Gasteiger partial charge in [-0.25, -0.2) is 8.42 Å². The van der Waals surface area contributed by atoms with Crippen molar-refractivity contribution in [3.8, 4) is 0 Å². The Morgan fingerprint density at radius 3 is 1.82 bits per heavy atom. The molecule has 0 aromatic rings. The summed E-state index contributed by atoms with van der Waals surface area (Å²) in [5, 5.41) is 0.910. The number of methoxy groups -OCH3 is 5. The van der Waals surface area contributed by atoms with Crippen molar-refractivity contribution in [2.45, 2.75) is 67.1 Å². The van der Waals surface area contributed by atoms with E-state index in [1.54, 1.807) is 28.4 Å². The number of ether oxygens (including phenoxy) is 5. The Morgan fingerprint density at radius 2 is 1.36 bits per heavy atom. The van der Waals surface area contributed by atoms with Crippen LogP contribution in [0.3, 0.4) is 0 Å². The van der Waals surface area contributed by atoms with Crippen LogP contribution in [0.1, 0.15) is 51.4 Å². The third-order valence-electron chi connectivity index (χ3n) is 7.79. The van der Waals surface area contributed by atoms with E-state index in [1.165, 1.54) is 43.6 Å². The summed E-state index contributed by atoms with van der Waals surface area (Å²) in [6.07, 6.45) is 8.96. The van der Waals surface area contributed by atoms with Crippen LogP contribution in [0.2, 0.25) is 0 Å². The molecule has 5 rings (SSSR count). The van der Waals surface area contributed by atoms with E-state index in [2.05, 4.69) is 0 Å². The quantitative estimate of drug-likeness (QED) is 0.325. The van der Waals surface area contributed by atoms with Gasteiger partial charge in [-0.3, -0.25) is 8.42 Å². The molecule has 5 aliphatic rings. The van der Waals surface area contributed by atoms with E-state index in [0.717, 1.165) is 80.4 Å². The summed E-state index contributed by atoms with van der Waals surface area (Å²) >= 11 is 4.08. The van der Waals surface area contributed by atoms with Crippen LogP contribution in [-0.2, 0) is 55.1 Å². The van der Waals surface area contributed by atoms with Crippen LogP contribution in [-0.4, -0.2) is 141 Å². The summed E-state index contributed by atoms with van der Waals surface area (Å²) in [5.41, 5.74) is 0. The van der Waals surface area contributed by atoms with Crippen molar-refractivity contribution in [2.24, 2.45) is 11.8 Å². The van der Waals surface area contributed by atoms with Crippen molar-refractivity contribution in [1.29, 1.82) is 0 Å². The lowest BCUT2D eigenvalue weighted by molar-refractivity contribution is 0.162. The van der Waals surface area contributed by atoms with Crippen molar-refractivity contribution in [3.05, 3.63) is 0 Å². The Labute approximate surface area is 282 Å². The zero-order valence-electron chi connectivity index (χ0n) is 27.7. The predicted molar refractivity (Wildman–Crippen MR) is 189 cm³/mol. The topological polar surface area (TPSA) is 114 Å². The van der Waals surface area contributed by atoms with Crippen LogP contribution in [0, 0.1) is 11.8 Å². The van der Waals surface area contributed by atoms with Gasteiger partial charge in [-0.15, -0.1) is 0 Å². The van der Waals surface area contributed by atoms with E-state index in [4.69, 9.17) is 23.7 Å². The molecule has 5 heterocycles. The van der Waals surface area contributed by atoms with Crippen LogP contribution in [0.15, 0.2) is 0 Å². The van der Waals surface area contributed by atoms with Gasteiger partial charge in [0.05, 0.1) is 36.1 Å². The number of sulfone groups is 1. The smallest absolute Gasteiger partial charge is 0.155 e. The zero-order valence-corrected chi connectivity index (χ0v) is 31.8. The molecule has 0 saturated carbocycles. The maximum Gasteiger partial charge on any atom is 0.155 e. The van der Waals surface area contributed by atoms with Gasteiger partial charge in [0.1, 0.15) is 0 Å². The molecule has 0 aromatic carbocycles. The first-order valence-electron chi connectivity index (χ1n) is 15.8. The van der Waals surface area contributed by atoms with Gasteiger partial charge in [0.25, 0.3) is 0 Å². The van der Waals surface area contributed by atoms with Crippen molar-refractivity contribution in [3.63, 3.8) is 0 Å². The van der Waals surface area contributed by atoms with Crippen molar-refractivity contribution in [2.75, 3.05) is 109 Å². The largest absolute Gasteiger partial charge is 0.384 e. The second-order valence-electron chi connectivity index (χ2n) is 11.6. The molecule has 0 amide bonds. The highest BCUT2D eigenvalue weighted by atomic mass is 32.2. The number of hydrogen-bond donors (Lipinski definition) is 0. The molecule has 5 fully saturated rings. The molecule has 0 aliphatic carbocycles. The average molecular weight is 725 g/mol. The fraction of sp³-hybridized carbons (Fsp3) is 1.00. The lowest BCUT2D eigenvalue weighted by Crippen LogP contribution is -2.20. The minimum atomic E-state index is -2.77. The monoisotopic (exact) mass is 724 g/mol. The molecule has 0 N–H and O–H groups in total. The molecule has 7 unspecified atom stereocenters. The molecule has 7 atom stereocenters. The van der Waals surface area contributed by atoms with Gasteiger partial charge in [0.2, 0.25) is 0 Å². The highest BCUT2D eigenvalue weighted by Gasteiger charge is 2.30. The maximum atomic E-state index is 11.1. The predicted octanol–water partition coefficient (Wildman–Crippen LogP) is 4.07. The van der Waals surface area contributed by atoms with Gasteiger partial charge in [0.15, 0.2) is 9.84 Å². The molecule has 44 heavy (non-hydrogen) atoms. The molecule has 0 spiro atoms. The lowest BCUT2D eigenvalue weighted by Gasteiger charge is -2.05. The van der Waals surface area contributed by atoms with Crippen molar-refractivity contribution in [1.82, 2.24) is 0 Å². The van der Waals surface area contributed by atoms with E-state index < -0.39 is 31.4 Å². The van der Waals surface area contributed by atoms with Crippen LogP contribution in [0.4, 0.5) is 0 Å². The van der Waals surface area contributed by atoms with E-state index in [0.29, 0.717) is 30.1 Å². The van der Waals surface area contributed by atoms with Gasteiger partial charge >= 0.3 is 0 Å². The molecular formula is C30H60O9S5. The highest BCUT2D eigenvalue weighted by molar-refractivity contribution is 8.00. The fourth-order valence-electron chi connectivity index (χ4n) is 5.33. The van der Waals surface area contributed by atoms with Crippen molar-refractivity contribution < 1.29 is 40.5 Å². The molecule has 9 nitrogen and oxygen atoms in total. The summed E-state index contributed by atoms with van der Waals surface area (Å²) in [4.78, 5) is 0. The van der Waals surface area contributed by atoms with E-state index in [1.807, 2.05) is 23.5 Å². The van der Waals surface area contributed by atoms with Gasteiger partial charge < -0.3 is 23.7 Å². The third kappa shape index (κ3) is 19.5. The Hall–Kier alpha value is 0.750. The minimum Gasteiger partial charge on any atom is -0.384 e. The number of hydrogen-bond acceptors (Lipinski definition) is 11. The van der Waals surface area contributed by atoms with Gasteiger partial charge in [-0.1, -0.05) is 0 Å². The van der Waals surface area contributed by atoms with Crippen LogP contribution in [0.5, 0.6) is 0 Å². The van der Waals surface area contributed by atoms with Gasteiger partial charge in [-0.05, 0) is 80.5 Å². The highest BCUT2D eigenvalue weighted by Crippen LogP contribution is 2.26. The van der Waals surface area contributed by atoms with Gasteiger partial charge in [0, 0.05) is 92.9 Å². The molecule has 264 valence electrons. The van der Waals surface area contributed by atoms with Gasteiger partial charge in [-0.2, -0.15) is 23.5 Å². The second-order valence-corrected chi connectivity index (χ2v) is 20.0. The average Bonchev–Trinajstić information content (AvgIpc) is 3.84. The molecule has 5 aliphatic heterocycles. The number of thioether (sulfide) groups is 2. The SMILES string of the molecule is COCC1CCCS1.COCC1CCCS1(=O)=O.COCC1CCCS1=O.COCC1CCS(=O)C1.COCC1CCSC1. The third-order valence-corrected chi connectivity index (χ3v) is 16.0. The Kier molecular flexibility index (Phi) is 25.9. The first-order valence-corrected chi connectivity index (χ1v) is 22.6. The molecular weight excluding hydrogens is 665 g/mol. The lowest BCUT2D eigenvalue weighted by atomic mass is 10.1. The summed E-state index contributed by atoms with van der Waals surface area (Å²) < 4.78 is 68.6. The normalized spacial score (nSPS) is 31.9. The summed E-state index contributed by atoms with van der Waals surface area (Å²) in [6, 6.07) is 0. The Morgan fingerprint density at radius 1 is 0.682 bits per heavy atom. The van der Waals surface area contributed by atoms with E-state index >= 15 is 0 Å². The van der Waals surface area contributed by atoms with Crippen LogP contribution < -0.4 is 0 Å². The van der Waals surface area contributed by atoms with Crippen molar-refractivity contribution >= 4 is 55.0 Å². The molecule has 0 radical (unpaired) electrons.